The molecule has 3 rings (SSSR count). The quantitative estimate of drug-likeness (QED) is 0.765. The molecule has 0 atom stereocenters. The maximum Gasteiger partial charge on any atom is 0.248 e. The molecule has 0 unspecified atom stereocenters. The standard InChI is InChI=1S/C19H25N5O3/c1-2-27-13-17(25)24-10-8-15(9-11-24)19(26)20-12-16-21-18(23-22-16)14-6-4-3-5-7-14/h3-7,15H,2,8-13H2,1H3,(H,20,26)(H,21,22,23). The van der Waals surface area contributed by atoms with E-state index in [0.717, 1.165) is 5.56 Å². The van der Waals surface area contributed by atoms with Crippen LogP contribution in [0.4, 0.5) is 0 Å². The van der Waals surface area contributed by atoms with Crippen LogP contribution in [0.25, 0.3) is 11.4 Å². The molecular weight excluding hydrogens is 346 g/mol. The van der Waals surface area contributed by atoms with Gasteiger partial charge in [-0.3, -0.25) is 14.7 Å². The summed E-state index contributed by atoms with van der Waals surface area (Å²) in [7, 11) is 0. The van der Waals surface area contributed by atoms with Crippen molar-refractivity contribution in [3.8, 4) is 11.4 Å². The summed E-state index contributed by atoms with van der Waals surface area (Å²) in [6, 6.07) is 9.67. The molecule has 2 amide bonds. The van der Waals surface area contributed by atoms with Crippen molar-refractivity contribution >= 4 is 11.8 Å². The lowest BCUT2D eigenvalue weighted by Gasteiger charge is -2.31. The monoisotopic (exact) mass is 371 g/mol. The van der Waals surface area contributed by atoms with Crippen LogP contribution in [0.3, 0.4) is 0 Å². The molecule has 1 aromatic carbocycles. The number of hydrogen-bond acceptors (Lipinski definition) is 5. The maximum atomic E-state index is 12.4. The number of H-pyrrole nitrogens is 1. The Morgan fingerprint density at radius 1 is 1.26 bits per heavy atom. The molecule has 0 radical (unpaired) electrons. The van der Waals surface area contributed by atoms with Crippen molar-refractivity contribution in [3.63, 3.8) is 0 Å². The minimum atomic E-state index is -0.0855. The number of nitrogens with one attached hydrogen (secondary N) is 2. The van der Waals surface area contributed by atoms with Gasteiger partial charge in [0.05, 0.1) is 6.54 Å². The Bertz CT molecular complexity index is 754. The Morgan fingerprint density at radius 3 is 2.70 bits per heavy atom. The molecule has 1 saturated heterocycles. The number of piperidine rings is 1. The number of ether oxygens (including phenoxy) is 1. The molecule has 1 aliphatic heterocycles. The average Bonchev–Trinajstić information content (AvgIpc) is 3.20. The van der Waals surface area contributed by atoms with Crippen LogP contribution in [0.5, 0.6) is 0 Å². The van der Waals surface area contributed by atoms with Gasteiger partial charge in [0.15, 0.2) is 5.82 Å². The Labute approximate surface area is 158 Å². The van der Waals surface area contributed by atoms with Crippen molar-refractivity contribution in [2.45, 2.75) is 26.3 Å². The number of aromatic amines is 1. The number of likely N-dealkylation sites (tertiary alicyclic amines) is 1. The Hall–Kier alpha value is -2.74. The third kappa shape index (κ3) is 5.13. The number of benzene rings is 1. The zero-order valence-corrected chi connectivity index (χ0v) is 15.5. The lowest BCUT2D eigenvalue weighted by Crippen LogP contribution is -2.44. The summed E-state index contributed by atoms with van der Waals surface area (Å²) in [5.74, 6) is 1.13. The van der Waals surface area contributed by atoms with E-state index in [1.165, 1.54) is 0 Å². The highest BCUT2D eigenvalue weighted by Gasteiger charge is 2.27. The second-order valence-electron chi connectivity index (χ2n) is 6.48. The number of nitrogens with zero attached hydrogens (tertiary/aromatic N) is 3. The minimum Gasteiger partial charge on any atom is -0.372 e. The molecule has 0 bridgehead atoms. The van der Waals surface area contributed by atoms with Crippen LogP contribution in [-0.2, 0) is 20.9 Å². The van der Waals surface area contributed by atoms with Gasteiger partial charge in [0.2, 0.25) is 11.8 Å². The smallest absolute Gasteiger partial charge is 0.248 e. The van der Waals surface area contributed by atoms with Crippen LogP contribution >= 0.6 is 0 Å². The molecule has 1 aromatic heterocycles. The molecule has 8 heteroatoms. The van der Waals surface area contributed by atoms with Gasteiger partial charge in [-0.1, -0.05) is 30.3 Å². The Kier molecular flexibility index (Phi) is 6.54. The fraction of sp³-hybridized carbons (Fsp3) is 0.474. The summed E-state index contributed by atoms with van der Waals surface area (Å²) in [4.78, 5) is 30.5. The molecule has 2 heterocycles. The lowest BCUT2D eigenvalue weighted by molar-refractivity contribution is -0.139. The first-order valence-electron chi connectivity index (χ1n) is 9.27. The Morgan fingerprint density at radius 2 is 2.00 bits per heavy atom. The number of carbonyl (C=O) groups is 2. The van der Waals surface area contributed by atoms with Crippen molar-refractivity contribution in [1.29, 1.82) is 0 Å². The third-order valence-electron chi connectivity index (χ3n) is 4.64. The number of rotatable bonds is 7. The zero-order valence-electron chi connectivity index (χ0n) is 15.5. The van der Waals surface area contributed by atoms with E-state index in [2.05, 4.69) is 20.5 Å². The first kappa shape index (κ1) is 19.0. The van der Waals surface area contributed by atoms with E-state index in [0.29, 0.717) is 50.7 Å². The number of carbonyl (C=O) groups excluding carboxylic acids is 2. The van der Waals surface area contributed by atoms with Crippen LogP contribution in [0.1, 0.15) is 25.6 Å². The number of hydrogen-bond donors (Lipinski definition) is 2. The topological polar surface area (TPSA) is 100 Å². The summed E-state index contributed by atoms with van der Waals surface area (Å²) < 4.78 is 5.16. The highest BCUT2D eigenvalue weighted by molar-refractivity contribution is 5.80. The largest absolute Gasteiger partial charge is 0.372 e. The van der Waals surface area contributed by atoms with Gasteiger partial charge < -0.3 is 15.0 Å². The van der Waals surface area contributed by atoms with Crippen molar-refractivity contribution in [1.82, 2.24) is 25.4 Å². The number of aromatic nitrogens is 3. The van der Waals surface area contributed by atoms with E-state index in [-0.39, 0.29) is 24.3 Å². The zero-order chi connectivity index (χ0) is 19.1. The molecule has 2 aromatic rings. The van der Waals surface area contributed by atoms with Crippen LogP contribution in [0.15, 0.2) is 30.3 Å². The summed E-state index contributed by atoms with van der Waals surface area (Å²) >= 11 is 0. The molecule has 2 N–H and O–H groups in total. The molecule has 144 valence electrons. The maximum absolute atomic E-state index is 12.4. The fourth-order valence-corrected chi connectivity index (χ4v) is 3.08. The molecule has 0 saturated carbocycles. The summed E-state index contributed by atoms with van der Waals surface area (Å²) in [6.45, 7) is 3.99. The van der Waals surface area contributed by atoms with Crippen molar-refractivity contribution < 1.29 is 14.3 Å². The number of amides is 2. The van der Waals surface area contributed by atoms with Gasteiger partial charge in [-0.25, -0.2) is 4.98 Å². The first-order chi connectivity index (χ1) is 13.2. The van der Waals surface area contributed by atoms with Crippen molar-refractivity contribution in [3.05, 3.63) is 36.2 Å². The summed E-state index contributed by atoms with van der Waals surface area (Å²) in [6.07, 6.45) is 1.32. The molecule has 1 aliphatic rings. The van der Waals surface area contributed by atoms with Gasteiger partial charge in [-0.05, 0) is 19.8 Å². The van der Waals surface area contributed by atoms with Gasteiger partial charge in [-0.2, -0.15) is 5.10 Å². The van der Waals surface area contributed by atoms with E-state index >= 15 is 0 Å². The van der Waals surface area contributed by atoms with Crippen molar-refractivity contribution in [2.75, 3.05) is 26.3 Å². The molecule has 0 aliphatic carbocycles. The Balaban J connectivity index is 1.44. The van der Waals surface area contributed by atoms with Gasteiger partial charge in [0, 0.05) is 31.2 Å². The fourth-order valence-electron chi connectivity index (χ4n) is 3.08. The predicted molar refractivity (Wildman–Crippen MR) is 99.5 cm³/mol. The van der Waals surface area contributed by atoms with Crippen LogP contribution in [0, 0.1) is 5.92 Å². The van der Waals surface area contributed by atoms with E-state index in [1.54, 1.807) is 4.90 Å². The van der Waals surface area contributed by atoms with Gasteiger partial charge in [0.25, 0.3) is 0 Å². The highest BCUT2D eigenvalue weighted by atomic mass is 16.5. The molecule has 8 nitrogen and oxygen atoms in total. The van der Waals surface area contributed by atoms with Gasteiger partial charge >= 0.3 is 0 Å². The van der Waals surface area contributed by atoms with Crippen LogP contribution in [0.2, 0.25) is 0 Å². The predicted octanol–water partition coefficient (Wildman–Crippen LogP) is 1.36. The molecule has 0 spiro atoms. The lowest BCUT2D eigenvalue weighted by atomic mass is 9.96. The molecule has 27 heavy (non-hydrogen) atoms. The SMILES string of the molecule is CCOCC(=O)N1CCC(C(=O)NCc2nc(-c3ccccc3)n[nH]2)CC1. The minimum absolute atomic E-state index is 0.00851. The van der Waals surface area contributed by atoms with Crippen LogP contribution < -0.4 is 5.32 Å². The third-order valence-corrected chi connectivity index (χ3v) is 4.64. The van der Waals surface area contributed by atoms with E-state index in [9.17, 15) is 9.59 Å². The van der Waals surface area contributed by atoms with Gasteiger partial charge in [-0.15, -0.1) is 0 Å². The van der Waals surface area contributed by atoms with Crippen molar-refractivity contribution in [2.24, 2.45) is 5.92 Å². The first-order valence-corrected chi connectivity index (χ1v) is 9.27. The van der Waals surface area contributed by atoms with Crippen LogP contribution in [-0.4, -0.2) is 58.2 Å². The second-order valence-corrected chi connectivity index (χ2v) is 6.48. The van der Waals surface area contributed by atoms with Gasteiger partial charge in [0.1, 0.15) is 12.4 Å². The summed E-state index contributed by atoms with van der Waals surface area (Å²) in [5, 5.41) is 9.96. The normalized spacial score (nSPS) is 14.9. The van der Waals surface area contributed by atoms with E-state index in [1.807, 2.05) is 37.3 Å². The highest BCUT2D eigenvalue weighted by Crippen LogP contribution is 2.18. The average molecular weight is 371 g/mol. The molecular formula is C19H25N5O3. The summed E-state index contributed by atoms with van der Waals surface area (Å²) in [5.41, 5.74) is 0.926. The van der Waals surface area contributed by atoms with E-state index < -0.39 is 0 Å². The molecule has 1 fully saturated rings. The van der Waals surface area contributed by atoms with E-state index in [4.69, 9.17) is 4.74 Å². The second kappa shape index (κ2) is 9.27.